The van der Waals surface area contributed by atoms with Gasteiger partial charge >= 0.3 is 0 Å². The predicted octanol–water partition coefficient (Wildman–Crippen LogP) is 5.66. The van der Waals surface area contributed by atoms with Crippen molar-refractivity contribution < 1.29 is 27.1 Å². The minimum Gasteiger partial charge on any atom is -0.494 e. The average Bonchev–Trinajstić information content (AvgIpc) is 3.49. The second kappa shape index (κ2) is 14.2. The van der Waals surface area contributed by atoms with Gasteiger partial charge in [-0.2, -0.15) is 0 Å². The Labute approximate surface area is 255 Å². The molecule has 0 heterocycles. The van der Waals surface area contributed by atoms with E-state index < -0.39 is 34.3 Å². The molecule has 1 saturated carbocycles. The maximum atomic E-state index is 14.7. The number of anilines is 1. The number of rotatable bonds is 12. The number of carbonyl (C=O) groups is 2. The fourth-order valence-corrected chi connectivity index (χ4v) is 6.60. The van der Waals surface area contributed by atoms with Gasteiger partial charge in [0.25, 0.3) is 10.0 Å². The second-order valence-corrected chi connectivity index (χ2v) is 12.9. The summed E-state index contributed by atoms with van der Waals surface area (Å²) in [5.41, 5.74) is 0.457. The molecule has 1 atom stereocenters. The molecule has 4 rings (SSSR count). The molecular formula is C31H35BrFN3O5S. The summed E-state index contributed by atoms with van der Waals surface area (Å²) in [6.45, 7) is 3.03. The van der Waals surface area contributed by atoms with Crippen LogP contribution in [0.4, 0.5) is 10.1 Å². The van der Waals surface area contributed by atoms with Gasteiger partial charge in [-0.15, -0.1) is 0 Å². The van der Waals surface area contributed by atoms with Crippen molar-refractivity contribution in [3.8, 4) is 5.75 Å². The minimum absolute atomic E-state index is 0.0138. The van der Waals surface area contributed by atoms with E-state index >= 15 is 0 Å². The van der Waals surface area contributed by atoms with Gasteiger partial charge in [-0.1, -0.05) is 47.0 Å². The Kier molecular flexibility index (Phi) is 10.6. The number of halogens is 2. The molecule has 0 spiro atoms. The molecule has 1 aliphatic rings. The van der Waals surface area contributed by atoms with E-state index in [0.29, 0.717) is 16.8 Å². The largest absolute Gasteiger partial charge is 0.494 e. The molecule has 0 radical (unpaired) electrons. The van der Waals surface area contributed by atoms with Crippen LogP contribution in [0.15, 0.2) is 82.2 Å². The number of hydrogen-bond donors (Lipinski definition) is 1. The number of sulfonamides is 1. The third kappa shape index (κ3) is 7.69. The maximum Gasteiger partial charge on any atom is 0.264 e. The van der Waals surface area contributed by atoms with Gasteiger partial charge in [0.05, 0.1) is 17.2 Å². The van der Waals surface area contributed by atoms with E-state index in [1.807, 2.05) is 6.92 Å². The Morgan fingerprint density at radius 1 is 1.02 bits per heavy atom. The number of hydrogen-bond acceptors (Lipinski definition) is 5. The Hall–Kier alpha value is -3.44. The Morgan fingerprint density at radius 2 is 1.67 bits per heavy atom. The SMILES string of the molecule is CCOc1ccc(N(CC(=O)N(Cc2ccccc2F)[C@H](C)C(=O)NC2CCCC2)S(=O)(=O)c2ccc(Br)cc2)cc1. The first kappa shape index (κ1) is 31.5. The van der Waals surface area contributed by atoms with Crippen molar-refractivity contribution in [1.29, 1.82) is 0 Å². The fraction of sp³-hybridized carbons (Fsp3) is 0.355. The van der Waals surface area contributed by atoms with Gasteiger partial charge in [0.15, 0.2) is 0 Å². The number of nitrogens with zero attached hydrogens (tertiary/aromatic N) is 2. The first-order valence-electron chi connectivity index (χ1n) is 13.9. The van der Waals surface area contributed by atoms with E-state index in [-0.39, 0.29) is 34.6 Å². The van der Waals surface area contributed by atoms with Gasteiger partial charge < -0.3 is 15.0 Å². The summed E-state index contributed by atoms with van der Waals surface area (Å²) >= 11 is 3.32. The van der Waals surface area contributed by atoms with E-state index in [0.717, 1.165) is 30.0 Å². The number of ether oxygens (including phenoxy) is 1. The normalized spacial score (nSPS) is 14.3. The molecule has 11 heteroatoms. The number of amides is 2. The summed E-state index contributed by atoms with van der Waals surface area (Å²) in [4.78, 5) is 28.5. The summed E-state index contributed by atoms with van der Waals surface area (Å²) in [5.74, 6) is -0.992. The minimum atomic E-state index is -4.22. The smallest absolute Gasteiger partial charge is 0.264 e. The van der Waals surface area contributed by atoms with E-state index in [4.69, 9.17) is 4.74 Å². The van der Waals surface area contributed by atoms with Crippen LogP contribution >= 0.6 is 15.9 Å². The van der Waals surface area contributed by atoms with Crippen LogP contribution in [0.5, 0.6) is 5.75 Å². The zero-order valence-electron chi connectivity index (χ0n) is 23.6. The monoisotopic (exact) mass is 659 g/mol. The number of benzene rings is 3. The van der Waals surface area contributed by atoms with Crippen molar-refractivity contribution in [1.82, 2.24) is 10.2 Å². The van der Waals surface area contributed by atoms with E-state index in [9.17, 15) is 22.4 Å². The highest BCUT2D eigenvalue weighted by molar-refractivity contribution is 9.10. The molecule has 8 nitrogen and oxygen atoms in total. The molecule has 0 aromatic heterocycles. The standard InChI is InChI=1S/C31H35BrFN3O5S/c1-3-41-27-16-14-26(15-17-27)36(42(39,40)28-18-12-24(32)13-19-28)21-30(37)35(20-23-8-4-7-11-29(23)33)22(2)31(38)34-25-9-5-6-10-25/h4,7-8,11-19,22,25H,3,5-6,9-10,20-21H2,1-2H3,(H,34,38)/t22-/m1/s1. The summed E-state index contributed by atoms with van der Waals surface area (Å²) in [6, 6.07) is 17.5. The summed E-state index contributed by atoms with van der Waals surface area (Å²) in [7, 11) is -4.22. The third-order valence-electron chi connectivity index (χ3n) is 7.28. The molecule has 1 aliphatic carbocycles. The van der Waals surface area contributed by atoms with Crippen molar-refractivity contribution in [3.05, 3.63) is 88.6 Å². The number of nitrogens with one attached hydrogen (secondary N) is 1. The molecule has 224 valence electrons. The third-order valence-corrected chi connectivity index (χ3v) is 9.60. The fourth-order valence-electron chi connectivity index (χ4n) is 4.92. The molecule has 0 saturated heterocycles. The maximum absolute atomic E-state index is 14.7. The van der Waals surface area contributed by atoms with Gasteiger partial charge in [-0.3, -0.25) is 13.9 Å². The Morgan fingerprint density at radius 3 is 2.29 bits per heavy atom. The lowest BCUT2D eigenvalue weighted by molar-refractivity contribution is -0.139. The molecule has 0 aliphatic heterocycles. The van der Waals surface area contributed by atoms with Crippen LogP contribution in [-0.4, -0.2) is 50.4 Å². The zero-order valence-corrected chi connectivity index (χ0v) is 26.0. The van der Waals surface area contributed by atoms with Crippen molar-refractivity contribution in [3.63, 3.8) is 0 Å². The molecule has 0 bridgehead atoms. The molecule has 3 aromatic rings. The summed E-state index contributed by atoms with van der Waals surface area (Å²) < 4.78 is 49.8. The Bertz CT molecular complexity index is 1480. The molecule has 1 N–H and O–H groups in total. The zero-order chi connectivity index (χ0) is 30.3. The summed E-state index contributed by atoms with van der Waals surface area (Å²) in [6.07, 6.45) is 3.75. The van der Waals surface area contributed by atoms with Crippen molar-refractivity contribution >= 4 is 43.5 Å². The van der Waals surface area contributed by atoms with Crippen LogP contribution in [0, 0.1) is 5.82 Å². The molecule has 42 heavy (non-hydrogen) atoms. The Balaban J connectivity index is 1.69. The van der Waals surface area contributed by atoms with Crippen LogP contribution < -0.4 is 14.4 Å². The van der Waals surface area contributed by atoms with Crippen LogP contribution in [0.25, 0.3) is 0 Å². The topological polar surface area (TPSA) is 96.0 Å². The first-order chi connectivity index (χ1) is 20.1. The van der Waals surface area contributed by atoms with Crippen LogP contribution in [-0.2, 0) is 26.2 Å². The predicted molar refractivity (Wildman–Crippen MR) is 163 cm³/mol. The lowest BCUT2D eigenvalue weighted by Gasteiger charge is -2.32. The second-order valence-electron chi connectivity index (χ2n) is 10.2. The van der Waals surface area contributed by atoms with Crippen LogP contribution in [0.3, 0.4) is 0 Å². The van der Waals surface area contributed by atoms with E-state index in [2.05, 4.69) is 21.2 Å². The van der Waals surface area contributed by atoms with Crippen LogP contribution in [0.2, 0.25) is 0 Å². The van der Waals surface area contributed by atoms with Gasteiger partial charge in [-0.05, 0) is 81.3 Å². The van der Waals surface area contributed by atoms with E-state index in [1.54, 1.807) is 61.5 Å². The van der Waals surface area contributed by atoms with Gasteiger partial charge in [-0.25, -0.2) is 12.8 Å². The molecule has 3 aromatic carbocycles. The van der Waals surface area contributed by atoms with Crippen molar-refractivity contribution in [2.45, 2.75) is 63.1 Å². The van der Waals surface area contributed by atoms with Crippen LogP contribution in [0.1, 0.15) is 45.1 Å². The van der Waals surface area contributed by atoms with E-state index in [1.165, 1.54) is 23.1 Å². The van der Waals surface area contributed by atoms with Gasteiger partial charge in [0.2, 0.25) is 11.8 Å². The average molecular weight is 661 g/mol. The van der Waals surface area contributed by atoms with Gasteiger partial charge in [0, 0.05) is 22.6 Å². The molecular weight excluding hydrogens is 625 g/mol. The summed E-state index contributed by atoms with van der Waals surface area (Å²) in [5, 5.41) is 3.00. The number of carbonyl (C=O) groups excluding carboxylic acids is 2. The molecule has 1 fully saturated rings. The first-order valence-corrected chi connectivity index (χ1v) is 16.2. The molecule has 2 amide bonds. The van der Waals surface area contributed by atoms with Crippen molar-refractivity contribution in [2.24, 2.45) is 0 Å². The quantitative estimate of drug-likeness (QED) is 0.271. The highest BCUT2D eigenvalue weighted by Gasteiger charge is 2.33. The van der Waals surface area contributed by atoms with Gasteiger partial charge in [0.1, 0.15) is 24.2 Å². The van der Waals surface area contributed by atoms with Crippen molar-refractivity contribution in [2.75, 3.05) is 17.5 Å². The lowest BCUT2D eigenvalue weighted by Crippen LogP contribution is -2.52. The molecule has 0 unspecified atom stereocenters. The highest BCUT2D eigenvalue weighted by atomic mass is 79.9. The lowest BCUT2D eigenvalue weighted by atomic mass is 10.1. The highest BCUT2D eigenvalue weighted by Crippen LogP contribution is 2.28.